The molecule has 1 aromatic rings. The molecule has 1 N–H and O–H groups in total. The maximum atomic E-state index is 11.8. The molecule has 1 heterocycles. The molecule has 1 saturated heterocycles. The number of hydrogen-bond acceptors (Lipinski definition) is 4. The summed E-state index contributed by atoms with van der Waals surface area (Å²) in [4.78, 5) is 21.9. The number of amides is 1. The third-order valence-electron chi connectivity index (χ3n) is 3.15. The lowest BCUT2D eigenvalue weighted by atomic mass is 10.0. The summed E-state index contributed by atoms with van der Waals surface area (Å²) in [5.41, 5.74) is 0.416. The molecule has 1 aliphatic heterocycles. The van der Waals surface area contributed by atoms with E-state index < -0.39 is 4.92 Å². The van der Waals surface area contributed by atoms with Gasteiger partial charge in [-0.25, -0.2) is 0 Å². The summed E-state index contributed by atoms with van der Waals surface area (Å²) >= 11 is 0. The predicted octanol–water partition coefficient (Wildman–Crippen LogP) is 1.75. The molecule has 6 heteroatoms. The SMILES string of the molecule is O=C(NCC1CCCOC1)c1ccc([N+](=O)[O-])cc1. The Morgan fingerprint density at radius 2 is 2.16 bits per heavy atom. The maximum absolute atomic E-state index is 11.8. The normalized spacial score (nSPS) is 18.8. The highest BCUT2D eigenvalue weighted by molar-refractivity contribution is 5.94. The molecule has 1 aliphatic rings. The largest absolute Gasteiger partial charge is 0.381 e. The Morgan fingerprint density at radius 1 is 1.42 bits per heavy atom. The molecule has 0 aliphatic carbocycles. The van der Waals surface area contributed by atoms with Crippen LogP contribution in [0.15, 0.2) is 24.3 Å². The fourth-order valence-electron chi connectivity index (χ4n) is 2.04. The van der Waals surface area contributed by atoms with Crippen molar-refractivity contribution in [3.8, 4) is 0 Å². The van der Waals surface area contributed by atoms with E-state index in [1.807, 2.05) is 0 Å². The van der Waals surface area contributed by atoms with Gasteiger partial charge in [0.2, 0.25) is 0 Å². The average Bonchev–Trinajstić information content (AvgIpc) is 2.46. The highest BCUT2D eigenvalue weighted by atomic mass is 16.6. The molecule has 0 radical (unpaired) electrons. The van der Waals surface area contributed by atoms with Crippen molar-refractivity contribution in [1.82, 2.24) is 5.32 Å². The molecule has 1 amide bonds. The lowest BCUT2D eigenvalue weighted by molar-refractivity contribution is -0.384. The Kier molecular flexibility index (Phi) is 4.46. The number of nitro groups is 1. The number of rotatable bonds is 4. The van der Waals surface area contributed by atoms with E-state index in [-0.39, 0.29) is 11.6 Å². The molecule has 0 bridgehead atoms. The van der Waals surface area contributed by atoms with Gasteiger partial charge in [0, 0.05) is 30.8 Å². The van der Waals surface area contributed by atoms with E-state index in [1.54, 1.807) is 0 Å². The lowest BCUT2D eigenvalue weighted by Gasteiger charge is -2.22. The van der Waals surface area contributed by atoms with Gasteiger partial charge in [-0.15, -0.1) is 0 Å². The van der Waals surface area contributed by atoms with E-state index in [1.165, 1.54) is 24.3 Å². The van der Waals surface area contributed by atoms with Crippen molar-refractivity contribution < 1.29 is 14.5 Å². The van der Waals surface area contributed by atoms with Crippen LogP contribution in [0.25, 0.3) is 0 Å². The molecule has 0 spiro atoms. The van der Waals surface area contributed by atoms with Gasteiger partial charge in [-0.1, -0.05) is 0 Å². The van der Waals surface area contributed by atoms with Crippen LogP contribution in [0.3, 0.4) is 0 Å². The van der Waals surface area contributed by atoms with E-state index in [0.29, 0.717) is 24.6 Å². The molecule has 1 unspecified atom stereocenters. The summed E-state index contributed by atoms with van der Waals surface area (Å²) in [6.07, 6.45) is 2.08. The van der Waals surface area contributed by atoms with Crippen LogP contribution in [0.5, 0.6) is 0 Å². The minimum Gasteiger partial charge on any atom is -0.381 e. The topological polar surface area (TPSA) is 81.5 Å². The summed E-state index contributed by atoms with van der Waals surface area (Å²) in [5.74, 6) is 0.149. The maximum Gasteiger partial charge on any atom is 0.269 e. The summed E-state index contributed by atoms with van der Waals surface area (Å²) in [5, 5.41) is 13.3. The summed E-state index contributed by atoms with van der Waals surface area (Å²) in [7, 11) is 0. The molecule has 1 atom stereocenters. The van der Waals surface area contributed by atoms with Crippen molar-refractivity contribution in [2.45, 2.75) is 12.8 Å². The van der Waals surface area contributed by atoms with Crippen LogP contribution >= 0.6 is 0 Å². The first-order valence-corrected chi connectivity index (χ1v) is 6.27. The molecular weight excluding hydrogens is 248 g/mol. The Bertz CT molecular complexity index is 452. The third-order valence-corrected chi connectivity index (χ3v) is 3.15. The second-order valence-corrected chi connectivity index (χ2v) is 4.60. The number of carbonyl (C=O) groups is 1. The smallest absolute Gasteiger partial charge is 0.269 e. The van der Waals surface area contributed by atoms with Crippen molar-refractivity contribution in [3.05, 3.63) is 39.9 Å². The zero-order chi connectivity index (χ0) is 13.7. The minimum atomic E-state index is -0.485. The zero-order valence-corrected chi connectivity index (χ0v) is 10.5. The Hall–Kier alpha value is -1.95. The number of non-ortho nitro benzene ring substituents is 1. The summed E-state index contributed by atoms with van der Waals surface area (Å²) < 4.78 is 5.34. The van der Waals surface area contributed by atoms with Crippen LogP contribution in [-0.2, 0) is 4.74 Å². The van der Waals surface area contributed by atoms with Gasteiger partial charge in [-0.05, 0) is 30.9 Å². The van der Waals surface area contributed by atoms with Crippen LogP contribution in [0.2, 0.25) is 0 Å². The molecule has 2 rings (SSSR count). The zero-order valence-electron chi connectivity index (χ0n) is 10.5. The van der Waals surface area contributed by atoms with E-state index in [9.17, 15) is 14.9 Å². The number of ether oxygens (including phenoxy) is 1. The predicted molar refractivity (Wildman–Crippen MR) is 69.0 cm³/mol. The van der Waals surface area contributed by atoms with Gasteiger partial charge in [0.05, 0.1) is 11.5 Å². The third kappa shape index (κ3) is 3.75. The van der Waals surface area contributed by atoms with Crippen molar-refractivity contribution in [2.75, 3.05) is 19.8 Å². The standard InChI is InChI=1S/C13H16N2O4/c16-13(14-8-10-2-1-7-19-9-10)11-3-5-12(6-4-11)15(17)18/h3-6,10H,1-2,7-9H2,(H,14,16). The van der Waals surface area contributed by atoms with E-state index in [2.05, 4.69) is 5.32 Å². The number of nitrogens with one attached hydrogen (secondary N) is 1. The van der Waals surface area contributed by atoms with Gasteiger partial charge in [-0.2, -0.15) is 0 Å². The first kappa shape index (κ1) is 13.5. The van der Waals surface area contributed by atoms with Gasteiger partial charge >= 0.3 is 0 Å². The van der Waals surface area contributed by atoms with Gasteiger partial charge in [0.25, 0.3) is 11.6 Å². The quantitative estimate of drug-likeness (QED) is 0.663. The van der Waals surface area contributed by atoms with Crippen LogP contribution in [0.4, 0.5) is 5.69 Å². The number of nitrogens with zero attached hydrogens (tertiary/aromatic N) is 1. The molecule has 102 valence electrons. The van der Waals surface area contributed by atoms with E-state index >= 15 is 0 Å². The fourth-order valence-corrected chi connectivity index (χ4v) is 2.04. The first-order chi connectivity index (χ1) is 9.16. The second kappa shape index (κ2) is 6.29. The van der Waals surface area contributed by atoms with Gasteiger partial charge < -0.3 is 10.1 Å². The molecule has 6 nitrogen and oxygen atoms in total. The highest BCUT2D eigenvalue weighted by Gasteiger charge is 2.15. The Balaban J connectivity index is 1.86. The number of carbonyl (C=O) groups excluding carboxylic acids is 1. The van der Waals surface area contributed by atoms with Crippen molar-refractivity contribution in [2.24, 2.45) is 5.92 Å². The minimum absolute atomic E-state index is 0.0165. The van der Waals surface area contributed by atoms with Crippen molar-refractivity contribution in [3.63, 3.8) is 0 Å². The summed E-state index contributed by atoms with van der Waals surface area (Å²) in [6.45, 7) is 2.06. The van der Waals surface area contributed by atoms with E-state index in [0.717, 1.165) is 19.4 Å². The highest BCUT2D eigenvalue weighted by Crippen LogP contribution is 2.14. The van der Waals surface area contributed by atoms with Crippen molar-refractivity contribution in [1.29, 1.82) is 0 Å². The second-order valence-electron chi connectivity index (χ2n) is 4.60. The van der Waals surface area contributed by atoms with Crippen LogP contribution in [0, 0.1) is 16.0 Å². The van der Waals surface area contributed by atoms with Crippen LogP contribution in [-0.4, -0.2) is 30.6 Å². The number of benzene rings is 1. The first-order valence-electron chi connectivity index (χ1n) is 6.27. The number of nitro benzene ring substituents is 1. The lowest BCUT2D eigenvalue weighted by Crippen LogP contribution is -2.33. The monoisotopic (exact) mass is 264 g/mol. The molecular formula is C13H16N2O4. The average molecular weight is 264 g/mol. The molecule has 0 aromatic heterocycles. The van der Waals surface area contributed by atoms with E-state index in [4.69, 9.17) is 4.74 Å². The van der Waals surface area contributed by atoms with Crippen LogP contribution < -0.4 is 5.32 Å². The Labute approximate surface area is 110 Å². The molecule has 19 heavy (non-hydrogen) atoms. The molecule has 1 aromatic carbocycles. The molecule has 1 fully saturated rings. The van der Waals surface area contributed by atoms with Gasteiger partial charge in [0.15, 0.2) is 0 Å². The van der Waals surface area contributed by atoms with Gasteiger partial charge in [-0.3, -0.25) is 14.9 Å². The Morgan fingerprint density at radius 3 is 2.74 bits per heavy atom. The van der Waals surface area contributed by atoms with Crippen molar-refractivity contribution >= 4 is 11.6 Å². The van der Waals surface area contributed by atoms with Crippen LogP contribution in [0.1, 0.15) is 23.2 Å². The molecule has 0 saturated carbocycles. The summed E-state index contributed by atoms with van der Waals surface area (Å²) in [6, 6.07) is 5.59. The fraction of sp³-hybridized carbons (Fsp3) is 0.462. The van der Waals surface area contributed by atoms with Gasteiger partial charge in [0.1, 0.15) is 0 Å². The number of hydrogen-bond donors (Lipinski definition) is 1.